The first-order valence-electron chi connectivity index (χ1n) is 5.10. The summed E-state index contributed by atoms with van der Waals surface area (Å²) < 4.78 is 10.0. The second-order valence-electron chi connectivity index (χ2n) is 3.56. The van der Waals surface area contributed by atoms with Crippen LogP contribution in [0, 0.1) is 0 Å². The van der Waals surface area contributed by atoms with Gasteiger partial charge in [0.2, 0.25) is 0 Å². The molecule has 19 heavy (non-hydrogen) atoms. The van der Waals surface area contributed by atoms with Crippen molar-refractivity contribution in [2.45, 2.75) is 0 Å². The van der Waals surface area contributed by atoms with Crippen LogP contribution in [0.1, 0.15) is 0 Å². The van der Waals surface area contributed by atoms with Crippen LogP contribution >= 0.6 is 11.6 Å². The van der Waals surface area contributed by atoms with E-state index in [2.05, 4.69) is 0 Å². The summed E-state index contributed by atoms with van der Waals surface area (Å²) in [5.41, 5.74) is 0.0806. The van der Waals surface area contributed by atoms with Crippen LogP contribution in [0.15, 0.2) is 12.1 Å². The molecule has 7 nitrogen and oxygen atoms in total. The lowest BCUT2D eigenvalue weighted by atomic mass is 10.2. The monoisotopic (exact) mass is 284 g/mol. The van der Waals surface area contributed by atoms with Crippen LogP contribution < -0.4 is 19.7 Å². The van der Waals surface area contributed by atoms with E-state index in [1.807, 2.05) is 5.32 Å². The Morgan fingerprint density at radius 2 is 1.74 bits per heavy atom. The summed E-state index contributed by atoms with van der Waals surface area (Å²) in [7, 11) is 2.73. The van der Waals surface area contributed by atoms with Gasteiger partial charge in [-0.1, -0.05) is 11.6 Å². The third-order valence-electron chi connectivity index (χ3n) is 2.52. The van der Waals surface area contributed by atoms with Gasteiger partial charge in [0.15, 0.2) is 0 Å². The Labute approximate surface area is 113 Å². The van der Waals surface area contributed by atoms with E-state index >= 15 is 0 Å². The van der Waals surface area contributed by atoms with Crippen molar-refractivity contribution in [1.82, 2.24) is 5.32 Å². The molecule has 1 saturated heterocycles. The molecule has 0 aromatic heterocycles. The number of amides is 4. The zero-order chi connectivity index (χ0) is 14.2. The largest absolute Gasteiger partial charge is 0.495 e. The maximum Gasteiger partial charge on any atom is 0.336 e. The van der Waals surface area contributed by atoms with Crippen molar-refractivity contribution in [3.8, 4) is 11.5 Å². The zero-order valence-electron chi connectivity index (χ0n) is 10.0. The lowest BCUT2D eigenvalue weighted by Crippen LogP contribution is -2.31. The van der Waals surface area contributed by atoms with E-state index in [4.69, 9.17) is 21.1 Å². The molecule has 0 aliphatic carbocycles. The predicted octanol–water partition coefficient (Wildman–Crippen LogP) is 0.940. The third kappa shape index (κ3) is 2.08. The molecule has 0 saturated carbocycles. The summed E-state index contributed by atoms with van der Waals surface area (Å²) in [6.07, 6.45) is 0. The fourth-order valence-corrected chi connectivity index (χ4v) is 1.87. The summed E-state index contributed by atoms with van der Waals surface area (Å²) in [6.45, 7) is 0. The lowest BCUT2D eigenvalue weighted by Gasteiger charge is -2.17. The van der Waals surface area contributed by atoms with Gasteiger partial charge < -0.3 is 9.47 Å². The number of carbonyl (C=O) groups is 3. The van der Waals surface area contributed by atoms with Crippen molar-refractivity contribution in [2.24, 2.45) is 0 Å². The average molecular weight is 285 g/mol. The van der Waals surface area contributed by atoms with Gasteiger partial charge in [0.25, 0.3) is 0 Å². The van der Waals surface area contributed by atoms with Crippen LogP contribution in [0.3, 0.4) is 0 Å². The normalized spacial score (nSPS) is 14.7. The number of hydrogen-bond acceptors (Lipinski definition) is 5. The standard InChI is InChI=1S/C11H9ClN2O5/c1-18-7-4-6(8(19-2)3-5(7)12)14-10(16)9(15)13-11(14)17/h3-4H,1-2H3,(H,13,15,17). The number of anilines is 1. The SMILES string of the molecule is COc1cc(N2C(=O)NC(=O)C2=O)c(OC)cc1Cl. The van der Waals surface area contributed by atoms with Crippen LogP contribution in [0.2, 0.25) is 5.02 Å². The molecule has 8 heteroatoms. The van der Waals surface area contributed by atoms with Crippen LogP contribution in [-0.2, 0) is 9.59 Å². The Morgan fingerprint density at radius 3 is 2.21 bits per heavy atom. The minimum Gasteiger partial charge on any atom is -0.495 e. The van der Waals surface area contributed by atoms with Gasteiger partial charge in [0.05, 0.1) is 24.9 Å². The topological polar surface area (TPSA) is 84.9 Å². The van der Waals surface area contributed by atoms with Gasteiger partial charge in [0.1, 0.15) is 11.5 Å². The Balaban J connectivity index is 2.58. The van der Waals surface area contributed by atoms with Crippen LogP contribution in [0.25, 0.3) is 0 Å². The number of imide groups is 2. The molecular weight excluding hydrogens is 276 g/mol. The minimum absolute atomic E-state index is 0.0806. The first-order chi connectivity index (χ1) is 8.99. The molecule has 4 amide bonds. The van der Waals surface area contributed by atoms with Gasteiger partial charge in [-0.3, -0.25) is 14.9 Å². The summed E-state index contributed by atoms with van der Waals surface area (Å²) in [5, 5.41) is 2.14. The molecule has 0 radical (unpaired) electrons. The van der Waals surface area contributed by atoms with Gasteiger partial charge in [0, 0.05) is 12.1 Å². The first-order valence-corrected chi connectivity index (χ1v) is 5.48. The molecular formula is C11H9ClN2O5. The van der Waals surface area contributed by atoms with Gasteiger partial charge in [-0.25, -0.2) is 9.69 Å². The van der Waals surface area contributed by atoms with Crippen LogP contribution in [0.5, 0.6) is 11.5 Å². The molecule has 1 heterocycles. The second kappa shape index (κ2) is 4.77. The van der Waals surface area contributed by atoms with Crippen molar-refractivity contribution in [2.75, 3.05) is 19.1 Å². The lowest BCUT2D eigenvalue weighted by molar-refractivity contribution is -0.134. The molecule has 1 fully saturated rings. The summed E-state index contributed by atoms with van der Waals surface area (Å²) in [4.78, 5) is 35.1. The summed E-state index contributed by atoms with van der Waals surface area (Å²) in [6, 6.07) is 1.88. The fraction of sp³-hybridized carbons (Fsp3) is 0.182. The molecule has 0 atom stereocenters. The van der Waals surface area contributed by atoms with Crippen LogP contribution in [0.4, 0.5) is 10.5 Å². The van der Waals surface area contributed by atoms with E-state index in [1.165, 1.54) is 26.4 Å². The number of halogens is 1. The minimum atomic E-state index is -0.999. The molecule has 0 unspecified atom stereocenters. The van der Waals surface area contributed by atoms with Crippen molar-refractivity contribution in [3.05, 3.63) is 17.2 Å². The van der Waals surface area contributed by atoms with E-state index < -0.39 is 17.8 Å². The molecule has 1 aromatic carbocycles. The Morgan fingerprint density at radius 1 is 1.11 bits per heavy atom. The summed E-state index contributed by atoms with van der Waals surface area (Å²) >= 11 is 5.91. The third-order valence-corrected chi connectivity index (χ3v) is 2.81. The van der Waals surface area contributed by atoms with Crippen molar-refractivity contribution in [1.29, 1.82) is 0 Å². The zero-order valence-corrected chi connectivity index (χ0v) is 10.8. The van der Waals surface area contributed by atoms with E-state index in [0.717, 1.165) is 0 Å². The second-order valence-corrected chi connectivity index (χ2v) is 3.97. The number of methoxy groups -OCH3 is 2. The van der Waals surface area contributed by atoms with E-state index in [0.29, 0.717) is 4.90 Å². The van der Waals surface area contributed by atoms with Gasteiger partial charge in [-0.2, -0.15) is 0 Å². The highest BCUT2D eigenvalue weighted by Crippen LogP contribution is 2.38. The van der Waals surface area contributed by atoms with E-state index in [-0.39, 0.29) is 22.2 Å². The molecule has 1 aliphatic heterocycles. The van der Waals surface area contributed by atoms with E-state index in [1.54, 1.807) is 0 Å². The number of urea groups is 1. The van der Waals surface area contributed by atoms with Crippen molar-refractivity contribution in [3.63, 3.8) is 0 Å². The highest BCUT2D eigenvalue weighted by molar-refractivity contribution is 6.53. The van der Waals surface area contributed by atoms with Gasteiger partial charge in [-0.15, -0.1) is 0 Å². The molecule has 1 aliphatic rings. The molecule has 0 bridgehead atoms. The molecule has 1 N–H and O–H groups in total. The number of carbonyl (C=O) groups excluding carboxylic acids is 3. The number of hydrogen-bond donors (Lipinski definition) is 1. The number of ether oxygens (including phenoxy) is 2. The Bertz CT molecular complexity index is 587. The molecule has 0 spiro atoms. The van der Waals surface area contributed by atoms with Crippen molar-refractivity contribution >= 4 is 35.1 Å². The molecule has 1 aromatic rings. The summed E-state index contributed by atoms with van der Waals surface area (Å²) in [5.74, 6) is -1.57. The van der Waals surface area contributed by atoms with E-state index in [9.17, 15) is 14.4 Å². The Kier molecular flexibility index (Phi) is 3.30. The van der Waals surface area contributed by atoms with Gasteiger partial charge in [-0.05, 0) is 0 Å². The van der Waals surface area contributed by atoms with Gasteiger partial charge >= 0.3 is 17.8 Å². The quantitative estimate of drug-likeness (QED) is 0.659. The molecule has 100 valence electrons. The fourth-order valence-electron chi connectivity index (χ4n) is 1.64. The highest BCUT2D eigenvalue weighted by Gasteiger charge is 2.39. The number of benzene rings is 1. The van der Waals surface area contributed by atoms with Crippen LogP contribution in [-0.4, -0.2) is 32.1 Å². The molecule has 2 rings (SSSR count). The smallest absolute Gasteiger partial charge is 0.336 e. The highest BCUT2D eigenvalue weighted by atomic mass is 35.5. The maximum absolute atomic E-state index is 11.6. The number of nitrogens with one attached hydrogen (secondary N) is 1. The number of nitrogens with zero attached hydrogens (tertiary/aromatic N) is 1. The predicted molar refractivity (Wildman–Crippen MR) is 65.6 cm³/mol. The average Bonchev–Trinajstić information content (AvgIpc) is 2.63. The Hall–Kier alpha value is -2.28. The van der Waals surface area contributed by atoms with Crippen molar-refractivity contribution < 1.29 is 23.9 Å². The first kappa shape index (κ1) is 13.2. The number of rotatable bonds is 3. The maximum atomic E-state index is 11.6.